The fourth-order valence-corrected chi connectivity index (χ4v) is 3.54. The maximum absolute atomic E-state index is 14.7. The predicted molar refractivity (Wildman–Crippen MR) is 112 cm³/mol. The molecule has 1 amide bonds. The number of esters is 1. The third-order valence-electron chi connectivity index (χ3n) is 5.06. The summed E-state index contributed by atoms with van der Waals surface area (Å²) in [6.07, 6.45) is 5.90. The lowest BCUT2D eigenvalue weighted by molar-refractivity contribution is -0.143. The minimum Gasteiger partial charge on any atom is -0.474 e. The monoisotopic (exact) mass is 432 g/mol. The number of ether oxygens (including phenoxy) is 2. The van der Waals surface area contributed by atoms with E-state index in [0.29, 0.717) is 11.4 Å². The Hall–Kier alpha value is -3.03. The van der Waals surface area contributed by atoms with Gasteiger partial charge in [-0.1, -0.05) is 0 Å². The predicted octanol–water partition coefficient (Wildman–Crippen LogP) is 5.02. The molecule has 0 bridgehead atoms. The summed E-state index contributed by atoms with van der Waals surface area (Å²) >= 11 is 0. The SMILES string of the molecule is CCOC(=O)CCCC(=O)Nc1c(F)cc(-c2cccnc2OC2CCCC2)cc1F. The van der Waals surface area contributed by atoms with E-state index in [-0.39, 0.29) is 37.5 Å². The van der Waals surface area contributed by atoms with Gasteiger partial charge in [0.05, 0.1) is 6.61 Å². The zero-order valence-electron chi connectivity index (χ0n) is 17.5. The second-order valence-corrected chi connectivity index (χ2v) is 7.40. The topological polar surface area (TPSA) is 77.5 Å². The third kappa shape index (κ3) is 6.23. The Morgan fingerprint density at radius 2 is 1.87 bits per heavy atom. The molecule has 1 aromatic heterocycles. The third-order valence-corrected chi connectivity index (χ3v) is 5.06. The van der Waals surface area contributed by atoms with Crippen molar-refractivity contribution < 1.29 is 27.8 Å². The van der Waals surface area contributed by atoms with Gasteiger partial charge in [0.15, 0.2) is 0 Å². The summed E-state index contributed by atoms with van der Waals surface area (Å²) < 4.78 is 40.0. The first-order chi connectivity index (χ1) is 15.0. The highest BCUT2D eigenvalue weighted by Gasteiger charge is 2.21. The number of nitrogens with one attached hydrogen (secondary N) is 1. The second-order valence-electron chi connectivity index (χ2n) is 7.40. The van der Waals surface area contributed by atoms with Crippen LogP contribution in [0.3, 0.4) is 0 Å². The van der Waals surface area contributed by atoms with Gasteiger partial charge in [-0.2, -0.15) is 0 Å². The number of halogens is 2. The molecule has 1 aliphatic carbocycles. The highest BCUT2D eigenvalue weighted by Crippen LogP contribution is 2.34. The number of carbonyl (C=O) groups excluding carboxylic acids is 2. The molecule has 3 rings (SSSR count). The molecule has 2 aromatic rings. The summed E-state index contributed by atoms with van der Waals surface area (Å²) in [5.74, 6) is -2.46. The van der Waals surface area contributed by atoms with Gasteiger partial charge in [0.1, 0.15) is 23.4 Å². The molecule has 1 saturated carbocycles. The Balaban J connectivity index is 1.69. The van der Waals surface area contributed by atoms with E-state index >= 15 is 0 Å². The van der Waals surface area contributed by atoms with E-state index in [9.17, 15) is 18.4 Å². The second kappa shape index (κ2) is 10.8. The first-order valence-electron chi connectivity index (χ1n) is 10.5. The molecule has 1 aromatic carbocycles. The molecule has 0 unspecified atom stereocenters. The van der Waals surface area contributed by atoms with Gasteiger partial charge in [-0.05, 0) is 68.9 Å². The molecule has 8 heteroatoms. The van der Waals surface area contributed by atoms with Crippen molar-refractivity contribution in [1.82, 2.24) is 4.98 Å². The van der Waals surface area contributed by atoms with Gasteiger partial charge in [-0.25, -0.2) is 13.8 Å². The summed E-state index contributed by atoms with van der Waals surface area (Å²) in [7, 11) is 0. The summed E-state index contributed by atoms with van der Waals surface area (Å²) in [5.41, 5.74) is 0.239. The summed E-state index contributed by atoms with van der Waals surface area (Å²) in [4.78, 5) is 27.6. The number of amides is 1. The average molecular weight is 432 g/mol. The van der Waals surface area contributed by atoms with Gasteiger partial charge >= 0.3 is 5.97 Å². The highest BCUT2D eigenvalue weighted by atomic mass is 19.1. The number of pyridine rings is 1. The van der Waals surface area contributed by atoms with Gasteiger partial charge in [-0.15, -0.1) is 0 Å². The Morgan fingerprint density at radius 3 is 2.55 bits per heavy atom. The zero-order valence-corrected chi connectivity index (χ0v) is 17.5. The maximum Gasteiger partial charge on any atom is 0.305 e. The summed E-state index contributed by atoms with van der Waals surface area (Å²) in [6, 6.07) is 5.66. The van der Waals surface area contributed by atoms with Crippen molar-refractivity contribution in [2.45, 2.75) is 58.0 Å². The van der Waals surface area contributed by atoms with Crippen LogP contribution in [0.2, 0.25) is 0 Å². The van der Waals surface area contributed by atoms with Crippen molar-refractivity contribution in [2.75, 3.05) is 11.9 Å². The van der Waals surface area contributed by atoms with E-state index in [4.69, 9.17) is 9.47 Å². The lowest BCUT2D eigenvalue weighted by Crippen LogP contribution is -2.15. The normalized spacial score (nSPS) is 13.8. The Bertz CT molecular complexity index is 907. The van der Waals surface area contributed by atoms with Crippen molar-refractivity contribution in [1.29, 1.82) is 0 Å². The van der Waals surface area contributed by atoms with Gasteiger partial charge in [0.2, 0.25) is 11.8 Å². The standard InChI is InChI=1S/C23H26F2N2O4/c1-2-30-21(29)11-5-10-20(28)27-22-18(24)13-15(14-19(22)25)17-9-6-12-26-23(17)31-16-7-3-4-8-16/h6,9,12-14,16H,2-5,7-8,10-11H2,1H3,(H,27,28). The van der Waals surface area contributed by atoms with E-state index in [1.54, 1.807) is 25.3 Å². The van der Waals surface area contributed by atoms with Crippen LogP contribution in [0.5, 0.6) is 5.88 Å². The lowest BCUT2D eigenvalue weighted by atomic mass is 10.1. The number of hydrogen-bond donors (Lipinski definition) is 1. The fraction of sp³-hybridized carbons (Fsp3) is 0.435. The molecule has 0 saturated heterocycles. The number of hydrogen-bond acceptors (Lipinski definition) is 5. The molecular formula is C23H26F2N2O4. The van der Waals surface area contributed by atoms with Crippen molar-refractivity contribution in [3.05, 3.63) is 42.1 Å². The van der Waals surface area contributed by atoms with Crippen LogP contribution >= 0.6 is 0 Å². The van der Waals surface area contributed by atoms with Crippen LogP contribution in [0.25, 0.3) is 11.1 Å². The van der Waals surface area contributed by atoms with E-state index < -0.39 is 29.2 Å². The van der Waals surface area contributed by atoms with Gasteiger partial charge in [-0.3, -0.25) is 9.59 Å². The average Bonchev–Trinajstić information content (AvgIpc) is 3.24. The number of rotatable bonds is 9. The largest absolute Gasteiger partial charge is 0.474 e. The molecule has 1 heterocycles. The number of anilines is 1. The van der Waals surface area contributed by atoms with Gasteiger partial charge in [0.25, 0.3) is 0 Å². The van der Waals surface area contributed by atoms with Crippen molar-refractivity contribution in [2.24, 2.45) is 0 Å². The molecule has 0 aliphatic heterocycles. The van der Waals surface area contributed by atoms with Crippen LogP contribution in [0.1, 0.15) is 51.9 Å². The molecule has 166 valence electrons. The van der Waals surface area contributed by atoms with Gasteiger partial charge in [0, 0.05) is 24.6 Å². The minimum absolute atomic E-state index is 0.0523. The molecule has 31 heavy (non-hydrogen) atoms. The maximum atomic E-state index is 14.7. The quantitative estimate of drug-likeness (QED) is 0.563. The van der Waals surface area contributed by atoms with Crippen LogP contribution in [-0.2, 0) is 14.3 Å². The Kier molecular flexibility index (Phi) is 7.92. The molecular weight excluding hydrogens is 406 g/mol. The Labute approximate surface area is 180 Å². The molecule has 1 fully saturated rings. The molecule has 0 radical (unpaired) electrons. The van der Waals surface area contributed by atoms with Crippen molar-refractivity contribution in [3.8, 4) is 17.0 Å². The zero-order chi connectivity index (χ0) is 22.2. The minimum atomic E-state index is -0.899. The van der Waals surface area contributed by atoms with E-state index in [0.717, 1.165) is 37.8 Å². The first kappa shape index (κ1) is 22.7. The van der Waals surface area contributed by atoms with Crippen LogP contribution < -0.4 is 10.1 Å². The van der Waals surface area contributed by atoms with E-state index in [1.807, 2.05) is 0 Å². The highest BCUT2D eigenvalue weighted by molar-refractivity contribution is 5.91. The molecule has 1 aliphatic rings. The molecule has 0 spiro atoms. The summed E-state index contributed by atoms with van der Waals surface area (Å²) in [5, 5.41) is 2.25. The van der Waals surface area contributed by atoms with Crippen molar-refractivity contribution >= 4 is 17.6 Å². The number of aromatic nitrogens is 1. The van der Waals surface area contributed by atoms with Crippen molar-refractivity contribution in [3.63, 3.8) is 0 Å². The van der Waals surface area contributed by atoms with E-state index in [1.165, 1.54) is 0 Å². The lowest BCUT2D eigenvalue weighted by Gasteiger charge is -2.16. The van der Waals surface area contributed by atoms with E-state index in [2.05, 4.69) is 10.3 Å². The van der Waals surface area contributed by atoms with Crippen LogP contribution in [0, 0.1) is 11.6 Å². The Morgan fingerprint density at radius 1 is 1.16 bits per heavy atom. The van der Waals surface area contributed by atoms with Gasteiger partial charge < -0.3 is 14.8 Å². The molecule has 6 nitrogen and oxygen atoms in total. The number of benzene rings is 1. The van der Waals surface area contributed by atoms with Crippen LogP contribution in [-0.4, -0.2) is 29.6 Å². The smallest absolute Gasteiger partial charge is 0.305 e. The molecule has 0 atom stereocenters. The number of nitrogens with zero attached hydrogens (tertiary/aromatic N) is 1. The number of carbonyl (C=O) groups is 2. The van der Waals surface area contributed by atoms with Crippen LogP contribution in [0.15, 0.2) is 30.5 Å². The fourth-order valence-electron chi connectivity index (χ4n) is 3.54. The van der Waals surface area contributed by atoms with Crippen LogP contribution in [0.4, 0.5) is 14.5 Å². The summed E-state index contributed by atoms with van der Waals surface area (Å²) in [6.45, 7) is 1.95. The first-order valence-corrected chi connectivity index (χ1v) is 10.5. The molecule has 1 N–H and O–H groups in total.